The molecular weight excluding hydrogens is 252 g/mol. The van der Waals surface area contributed by atoms with Crippen molar-refractivity contribution in [3.63, 3.8) is 0 Å². The normalized spacial score (nSPS) is 12.3. The summed E-state index contributed by atoms with van der Waals surface area (Å²) in [6.45, 7) is 7.54. The van der Waals surface area contributed by atoms with Crippen molar-refractivity contribution in [2.75, 3.05) is 39.5 Å². The van der Waals surface area contributed by atoms with Crippen LogP contribution in [-0.2, 0) is 0 Å². The smallest absolute Gasteiger partial charge is 0.254 e. The van der Waals surface area contributed by atoms with Gasteiger partial charge < -0.3 is 15.1 Å². The molecule has 0 bridgehead atoms. The summed E-state index contributed by atoms with van der Waals surface area (Å²) in [6, 6.07) is 3.82. The van der Waals surface area contributed by atoms with E-state index < -0.39 is 0 Å². The van der Waals surface area contributed by atoms with Crippen molar-refractivity contribution in [3.8, 4) is 0 Å². The molecule has 1 amide bonds. The molecular formula is C15H26N4O. The van der Waals surface area contributed by atoms with Crippen molar-refractivity contribution in [1.82, 2.24) is 14.8 Å². The molecule has 1 aromatic heterocycles. The molecule has 1 N–H and O–H groups in total. The maximum absolute atomic E-state index is 12.7. The first-order valence-corrected chi connectivity index (χ1v) is 7.01. The molecule has 20 heavy (non-hydrogen) atoms. The fourth-order valence-corrected chi connectivity index (χ4v) is 2.37. The molecule has 0 spiro atoms. The van der Waals surface area contributed by atoms with Crippen LogP contribution in [0.15, 0.2) is 12.1 Å². The summed E-state index contributed by atoms with van der Waals surface area (Å²) >= 11 is 0. The Morgan fingerprint density at radius 2 is 2.05 bits per heavy atom. The van der Waals surface area contributed by atoms with E-state index in [2.05, 4.69) is 22.1 Å². The largest absolute Gasteiger partial charge is 0.373 e. The quantitative estimate of drug-likeness (QED) is 0.862. The zero-order valence-corrected chi connectivity index (χ0v) is 13.4. The predicted molar refractivity (Wildman–Crippen MR) is 83.2 cm³/mol. The molecule has 0 aliphatic rings. The number of pyridine rings is 1. The number of nitrogens with one attached hydrogen (secondary N) is 1. The van der Waals surface area contributed by atoms with Crippen LogP contribution in [0, 0.1) is 6.92 Å². The molecule has 5 heteroatoms. The van der Waals surface area contributed by atoms with Gasteiger partial charge in [-0.05, 0) is 47.0 Å². The highest BCUT2D eigenvalue weighted by Gasteiger charge is 2.21. The van der Waals surface area contributed by atoms with Gasteiger partial charge in [0.25, 0.3) is 5.91 Å². The first-order valence-electron chi connectivity index (χ1n) is 7.01. The third kappa shape index (κ3) is 4.20. The number of likely N-dealkylation sites (N-methyl/N-ethyl adjacent to an activating group) is 2. The maximum atomic E-state index is 12.7. The van der Waals surface area contributed by atoms with Crippen molar-refractivity contribution in [2.24, 2.45) is 0 Å². The van der Waals surface area contributed by atoms with E-state index in [1.54, 1.807) is 6.07 Å². The highest BCUT2D eigenvalue weighted by molar-refractivity contribution is 5.95. The number of nitrogens with zero attached hydrogens (tertiary/aromatic N) is 3. The Hall–Kier alpha value is -1.62. The lowest BCUT2D eigenvalue weighted by atomic mass is 10.1. The molecule has 0 aliphatic carbocycles. The van der Waals surface area contributed by atoms with Gasteiger partial charge in [-0.2, -0.15) is 0 Å². The lowest BCUT2D eigenvalue weighted by Gasteiger charge is -2.30. The maximum Gasteiger partial charge on any atom is 0.254 e. The van der Waals surface area contributed by atoms with Gasteiger partial charge in [-0.15, -0.1) is 0 Å². The Balaban J connectivity index is 2.98. The second-order valence-electron chi connectivity index (χ2n) is 5.33. The number of rotatable bonds is 6. The number of carbonyl (C=O) groups is 1. The standard InChI is InChI=1S/C15H26N4O/c1-7-19(12(3)10-18(5)6)15(20)13-8-11(2)17-14(9-13)16-4/h8-9,12H,7,10H2,1-6H3,(H,16,17). The fourth-order valence-electron chi connectivity index (χ4n) is 2.37. The first-order chi connectivity index (χ1) is 9.38. The minimum atomic E-state index is 0.0591. The third-order valence-electron chi connectivity index (χ3n) is 3.22. The van der Waals surface area contributed by atoms with Gasteiger partial charge in [0, 0.05) is 37.4 Å². The third-order valence-corrected chi connectivity index (χ3v) is 3.22. The Labute approximate surface area is 122 Å². The molecule has 1 unspecified atom stereocenters. The van der Waals surface area contributed by atoms with Gasteiger partial charge in [0.2, 0.25) is 0 Å². The van der Waals surface area contributed by atoms with E-state index in [1.807, 2.05) is 46.0 Å². The monoisotopic (exact) mass is 278 g/mol. The second-order valence-corrected chi connectivity index (χ2v) is 5.33. The number of anilines is 1. The first kappa shape index (κ1) is 16.4. The van der Waals surface area contributed by atoms with Crippen LogP contribution in [0.25, 0.3) is 0 Å². The zero-order chi connectivity index (χ0) is 15.3. The molecule has 0 radical (unpaired) electrons. The molecule has 0 fully saturated rings. The van der Waals surface area contributed by atoms with Gasteiger partial charge in [-0.3, -0.25) is 4.79 Å². The molecule has 0 saturated heterocycles. The lowest BCUT2D eigenvalue weighted by molar-refractivity contribution is 0.0679. The van der Waals surface area contributed by atoms with E-state index >= 15 is 0 Å². The van der Waals surface area contributed by atoms with E-state index in [0.29, 0.717) is 12.1 Å². The predicted octanol–water partition coefficient (Wildman–Crippen LogP) is 1.84. The number of aryl methyl sites for hydroxylation is 1. The van der Waals surface area contributed by atoms with Gasteiger partial charge in [0.05, 0.1) is 0 Å². The van der Waals surface area contributed by atoms with E-state index in [-0.39, 0.29) is 11.9 Å². The number of hydrogen-bond acceptors (Lipinski definition) is 4. The van der Waals surface area contributed by atoms with E-state index in [9.17, 15) is 4.79 Å². The molecule has 0 aromatic carbocycles. The number of hydrogen-bond donors (Lipinski definition) is 1. The molecule has 1 heterocycles. The summed E-state index contributed by atoms with van der Waals surface area (Å²) in [7, 11) is 5.84. The highest BCUT2D eigenvalue weighted by Crippen LogP contribution is 2.14. The summed E-state index contributed by atoms with van der Waals surface area (Å²) in [5.41, 5.74) is 1.53. The summed E-state index contributed by atoms with van der Waals surface area (Å²) in [5, 5.41) is 2.99. The van der Waals surface area contributed by atoms with E-state index in [4.69, 9.17) is 0 Å². The highest BCUT2D eigenvalue weighted by atomic mass is 16.2. The fraction of sp³-hybridized carbons (Fsp3) is 0.600. The Kier molecular flexibility index (Phi) is 5.95. The van der Waals surface area contributed by atoms with E-state index in [0.717, 1.165) is 18.1 Å². The molecule has 1 aromatic rings. The lowest BCUT2D eigenvalue weighted by Crippen LogP contribution is -2.43. The van der Waals surface area contributed by atoms with Gasteiger partial charge in [0.15, 0.2) is 0 Å². The molecule has 1 atom stereocenters. The van der Waals surface area contributed by atoms with Crippen LogP contribution in [0.2, 0.25) is 0 Å². The van der Waals surface area contributed by atoms with Crippen LogP contribution in [-0.4, -0.2) is 61.0 Å². The Bertz CT molecular complexity index is 459. The van der Waals surface area contributed by atoms with Crippen molar-refractivity contribution >= 4 is 11.7 Å². The average molecular weight is 278 g/mol. The van der Waals surface area contributed by atoms with Gasteiger partial charge in [-0.1, -0.05) is 0 Å². The van der Waals surface area contributed by atoms with E-state index in [1.165, 1.54) is 0 Å². The van der Waals surface area contributed by atoms with Gasteiger partial charge >= 0.3 is 0 Å². The number of carbonyl (C=O) groups excluding carboxylic acids is 1. The van der Waals surface area contributed by atoms with Crippen LogP contribution < -0.4 is 5.32 Å². The molecule has 112 valence electrons. The molecule has 0 aliphatic heterocycles. The Morgan fingerprint density at radius 1 is 1.40 bits per heavy atom. The summed E-state index contributed by atoms with van der Waals surface area (Å²) < 4.78 is 0. The van der Waals surface area contributed by atoms with Crippen LogP contribution in [0.4, 0.5) is 5.82 Å². The minimum Gasteiger partial charge on any atom is -0.373 e. The summed E-state index contributed by atoms with van der Waals surface area (Å²) in [4.78, 5) is 21.0. The van der Waals surface area contributed by atoms with Gasteiger partial charge in [0.1, 0.15) is 5.82 Å². The average Bonchev–Trinajstić information content (AvgIpc) is 2.37. The van der Waals surface area contributed by atoms with Crippen LogP contribution in [0.3, 0.4) is 0 Å². The SMILES string of the molecule is CCN(C(=O)c1cc(C)nc(NC)c1)C(C)CN(C)C. The van der Waals surface area contributed by atoms with Crippen molar-refractivity contribution < 1.29 is 4.79 Å². The van der Waals surface area contributed by atoms with Crippen molar-refractivity contribution in [2.45, 2.75) is 26.8 Å². The molecule has 1 rings (SSSR count). The second kappa shape index (κ2) is 7.24. The van der Waals surface area contributed by atoms with Gasteiger partial charge in [-0.25, -0.2) is 4.98 Å². The minimum absolute atomic E-state index is 0.0591. The van der Waals surface area contributed by atoms with Crippen LogP contribution in [0.5, 0.6) is 0 Å². The number of aromatic nitrogens is 1. The van der Waals surface area contributed by atoms with Crippen LogP contribution >= 0.6 is 0 Å². The molecule has 5 nitrogen and oxygen atoms in total. The summed E-state index contributed by atoms with van der Waals surface area (Å²) in [5.74, 6) is 0.786. The molecule has 0 saturated carbocycles. The summed E-state index contributed by atoms with van der Waals surface area (Å²) in [6.07, 6.45) is 0. The van der Waals surface area contributed by atoms with Crippen molar-refractivity contribution in [3.05, 3.63) is 23.4 Å². The zero-order valence-electron chi connectivity index (χ0n) is 13.4. The number of amides is 1. The van der Waals surface area contributed by atoms with Crippen molar-refractivity contribution in [1.29, 1.82) is 0 Å². The Morgan fingerprint density at radius 3 is 2.55 bits per heavy atom. The topological polar surface area (TPSA) is 48.5 Å². The van der Waals surface area contributed by atoms with Crippen LogP contribution in [0.1, 0.15) is 29.9 Å².